The Bertz CT molecular complexity index is 3850. The van der Waals surface area contributed by atoms with Crippen LogP contribution in [0.5, 0.6) is 0 Å². The summed E-state index contributed by atoms with van der Waals surface area (Å²) in [4.78, 5) is 2.51. The van der Waals surface area contributed by atoms with Gasteiger partial charge in [0.25, 0.3) is 0 Å². The number of hydrogen-bond donors (Lipinski definition) is 0. The molecule has 11 rings (SSSR count). The van der Waals surface area contributed by atoms with E-state index in [1.54, 1.807) is 0 Å². The third-order valence-corrected chi connectivity index (χ3v) is 15.9. The van der Waals surface area contributed by atoms with Crippen LogP contribution in [0.25, 0.3) is 82.1 Å². The van der Waals surface area contributed by atoms with Crippen LogP contribution in [-0.2, 0) is 27.1 Å². The maximum absolute atomic E-state index is 2.54. The highest BCUT2D eigenvalue weighted by molar-refractivity contribution is 6.27. The second-order valence-corrected chi connectivity index (χ2v) is 26.5. The molecule has 0 aliphatic rings. The Kier molecular flexibility index (Phi) is 11.4. The Hall–Kier alpha value is -7.16. The van der Waals surface area contributed by atoms with Crippen molar-refractivity contribution in [2.45, 2.75) is 131 Å². The van der Waals surface area contributed by atoms with Crippen LogP contribution in [-0.4, -0.2) is 4.57 Å². The van der Waals surface area contributed by atoms with E-state index in [0.717, 1.165) is 17.1 Å². The molecule has 372 valence electrons. The van der Waals surface area contributed by atoms with Crippen LogP contribution in [0.3, 0.4) is 0 Å². The minimum Gasteiger partial charge on any atom is -0.310 e. The smallest absolute Gasteiger partial charge is 0.0541 e. The largest absolute Gasteiger partial charge is 0.310 e. The zero-order valence-electron chi connectivity index (χ0n) is 46.6. The number of aromatic nitrogens is 1. The first-order valence-electron chi connectivity index (χ1n) is 26.9. The van der Waals surface area contributed by atoms with E-state index in [-0.39, 0.29) is 27.1 Å². The van der Waals surface area contributed by atoms with Crippen LogP contribution < -0.4 is 4.90 Å². The summed E-state index contributed by atoms with van der Waals surface area (Å²) in [5.41, 5.74) is 18.7. The van der Waals surface area contributed by atoms with Crippen molar-refractivity contribution >= 4 is 71.2 Å². The number of hydrogen-bond acceptors (Lipinski definition) is 1. The van der Waals surface area contributed by atoms with Crippen molar-refractivity contribution in [3.63, 3.8) is 0 Å². The van der Waals surface area contributed by atoms with Crippen molar-refractivity contribution in [2.75, 3.05) is 4.90 Å². The predicted octanol–water partition coefficient (Wildman–Crippen LogP) is 21.0. The van der Waals surface area contributed by atoms with E-state index in [1.807, 2.05) is 0 Å². The number of nitrogens with zero attached hydrogens (tertiary/aromatic N) is 2. The minimum atomic E-state index is -0.000112. The summed E-state index contributed by atoms with van der Waals surface area (Å²) in [5.74, 6) is 0. The lowest BCUT2D eigenvalue weighted by Crippen LogP contribution is -2.16. The molecule has 0 amide bonds. The molecule has 10 aromatic carbocycles. The van der Waals surface area contributed by atoms with Crippen molar-refractivity contribution in [3.8, 4) is 27.9 Å². The zero-order valence-corrected chi connectivity index (χ0v) is 46.6. The second kappa shape index (κ2) is 17.2. The molecule has 0 radical (unpaired) electrons. The van der Waals surface area contributed by atoms with Gasteiger partial charge >= 0.3 is 0 Å². The molecule has 0 unspecified atom stereocenters. The summed E-state index contributed by atoms with van der Waals surface area (Å²) in [7, 11) is 0. The van der Waals surface area contributed by atoms with Crippen LogP contribution in [0.4, 0.5) is 17.1 Å². The van der Waals surface area contributed by atoms with Crippen molar-refractivity contribution in [3.05, 3.63) is 204 Å². The third kappa shape index (κ3) is 8.64. The van der Waals surface area contributed by atoms with Gasteiger partial charge in [-0.1, -0.05) is 219 Å². The Labute approximate surface area is 441 Å². The minimum absolute atomic E-state index is 0.000112. The summed E-state index contributed by atoms with van der Waals surface area (Å²) in [6.45, 7) is 34.7. The lowest BCUT2D eigenvalue weighted by molar-refractivity contribution is 0.569. The molecule has 1 heterocycles. The number of benzene rings is 10. The van der Waals surface area contributed by atoms with Crippen molar-refractivity contribution in [1.29, 1.82) is 0 Å². The number of rotatable bonds is 6. The maximum atomic E-state index is 2.54. The third-order valence-electron chi connectivity index (χ3n) is 15.9. The quantitative estimate of drug-likeness (QED) is 0.151. The van der Waals surface area contributed by atoms with E-state index in [2.05, 4.69) is 289 Å². The van der Waals surface area contributed by atoms with Gasteiger partial charge in [-0.15, -0.1) is 0 Å². The highest BCUT2D eigenvalue weighted by Gasteiger charge is 2.26. The normalized spacial score (nSPS) is 13.1. The number of fused-ring (bicyclic) bond motifs is 3. The van der Waals surface area contributed by atoms with Gasteiger partial charge in [0, 0.05) is 32.9 Å². The molecular weight excluding hydrogens is 893 g/mol. The maximum Gasteiger partial charge on any atom is 0.0541 e. The average molecular weight is 967 g/mol. The van der Waals surface area contributed by atoms with Gasteiger partial charge in [0.05, 0.1) is 22.4 Å². The first-order chi connectivity index (χ1) is 34.8. The Morgan fingerprint density at radius 2 is 0.730 bits per heavy atom. The lowest BCUT2D eigenvalue weighted by Gasteiger charge is -2.29. The highest BCUT2D eigenvalue weighted by Crippen LogP contribution is 2.48. The molecule has 0 bridgehead atoms. The van der Waals surface area contributed by atoms with E-state index < -0.39 is 0 Å². The Morgan fingerprint density at radius 1 is 0.297 bits per heavy atom. The second-order valence-electron chi connectivity index (χ2n) is 26.5. The van der Waals surface area contributed by atoms with Crippen LogP contribution in [0.2, 0.25) is 0 Å². The fourth-order valence-electron chi connectivity index (χ4n) is 11.3. The summed E-state index contributed by atoms with van der Waals surface area (Å²) in [5, 5.41) is 10.1. The van der Waals surface area contributed by atoms with Crippen molar-refractivity contribution in [1.82, 2.24) is 4.57 Å². The van der Waals surface area contributed by atoms with Gasteiger partial charge in [0.15, 0.2) is 0 Å². The molecule has 0 aliphatic heterocycles. The SMILES string of the molecule is CC(C)(C)c1ccc(-c2cccc(N(c3cccc(-c4cc(C(C)(C)C)cc(C(C)(C)C)c4)c3)c3ccc4ccc5c(-n6c7ccc(C(C)(C)C)cc7c7cc(C(C)(C)C)ccc76)ccc6ccc3c4c65)c2)cc1. The fraction of sp³-hybridized carbons (Fsp3) is 0.278. The molecular formula is C72H74N2. The van der Waals surface area contributed by atoms with E-state index in [0.29, 0.717) is 0 Å². The average Bonchev–Trinajstić information content (AvgIpc) is 3.68. The van der Waals surface area contributed by atoms with Gasteiger partial charge in [-0.05, 0) is 159 Å². The van der Waals surface area contributed by atoms with Crippen molar-refractivity contribution < 1.29 is 0 Å². The highest BCUT2D eigenvalue weighted by atomic mass is 15.1. The van der Waals surface area contributed by atoms with Gasteiger partial charge in [-0.3, -0.25) is 0 Å². The van der Waals surface area contributed by atoms with Crippen LogP contribution in [0, 0.1) is 0 Å². The van der Waals surface area contributed by atoms with Gasteiger partial charge < -0.3 is 9.47 Å². The molecule has 0 saturated heterocycles. The van der Waals surface area contributed by atoms with E-state index in [9.17, 15) is 0 Å². The molecule has 0 saturated carbocycles. The first-order valence-corrected chi connectivity index (χ1v) is 26.9. The van der Waals surface area contributed by atoms with Gasteiger partial charge in [-0.25, -0.2) is 0 Å². The molecule has 11 aromatic rings. The van der Waals surface area contributed by atoms with E-state index in [4.69, 9.17) is 0 Å². The standard InChI is InChI=1S/C72H74N2/c1-68(2,3)51-28-22-45(23-29-51)48-18-16-20-56(40-48)73(57-21-17-19-49(41-57)50-38-54(71(10,11)12)42-55(39-50)72(13,14)15)62-34-26-46-25-33-59-63(35-27-47-24-32-58(62)66(46)67(47)59)74-64-36-30-52(69(4,5)6)43-60(64)61-44-53(70(7,8)9)31-37-65(61)74/h16-44H,1-15H3. The molecule has 0 atom stereocenters. The number of anilines is 3. The summed E-state index contributed by atoms with van der Waals surface area (Å²) >= 11 is 0. The molecule has 2 nitrogen and oxygen atoms in total. The molecule has 74 heavy (non-hydrogen) atoms. The topological polar surface area (TPSA) is 8.17 Å². The molecule has 0 fully saturated rings. The van der Waals surface area contributed by atoms with E-state index >= 15 is 0 Å². The van der Waals surface area contributed by atoms with Crippen molar-refractivity contribution in [2.24, 2.45) is 0 Å². The molecule has 0 spiro atoms. The van der Waals surface area contributed by atoms with Gasteiger partial charge in [0.2, 0.25) is 0 Å². The summed E-state index contributed by atoms with van der Waals surface area (Å²) in [6, 6.07) is 68.0. The fourth-order valence-corrected chi connectivity index (χ4v) is 11.3. The Balaban J connectivity index is 1.15. The Morgan fingerprint density at radius 3 is 1.23 bits per heavy atom. The van der Waals surface area contributed by atoms with Gasteiger partial charge in [-0.2, -0.15) is 0 Å². The van der Waals surface area contributed by atoms with Crippen LogP contribution in [0.15, 0.2) is 176 Å². The van der Waals surface area contributed by atoms with E-state index in [1.165, 1.54) is 110 Å². The monoisotopic (exact) mass is 967 g/mol. The summed E-state index contributed by atoms with van der Waals surface area (Å²) in [6.07, 6.45) is 0. The van der Waals surface area contributed by atoms with Gasteiger partial charge in [0.1, 0.15) is 0 Å². The van der Waals surface area contributed by atoms with Crippen LogP contribution in [0.1, 0.15) is 132 Å². The zero-order chi connectivity index (χ0) is 52.4. The molecule has 1 aromatic heterocycles. The summed E-state index contributed by atoms with van der Waals surface area (Å²) < 4.78 is 2.54. The molecule has 0 N–H and O–H groups in total. The molecule has 0 aliphatic carbocycles. The predicted molar refractivity (Wildman–Crippen MR) is 324 cm³/mol. The van der Waals surface area contributed by atoms with Crippen LogP contribution >= 0.6 is 0 Å². The lowest BCUT2D eigenvalue weighted by atomic mass is 9.79. The first kappa shape index (κ1) is 49.1. The molecule has 2 heteroatoms.